The number of nitrogens with zero attached hydrogens (tertiary/aromatic N) is 1. The molecule has 0 aliphatic rings. The van der Waals surface area contributed by atoms with E-state index in [0.717, 1.165) is 25.8 Å². The molecular formula is C11H20N2. The van der Waals surface area contributed by atoms with Crippen LogP contribution in [0, 0.1) is 11.3 Å². The summed E-state index contributed by atoms with van der Waals surface area (Å²) in [6.45, 7) is 4.98. The maximum Gasteiger partial charge on any atom is 0.0924 e. The fraction of sp³-hybridized carbons (Fsp3) is 0.727. The van der Waals surface area contributed by atoms with Gasteiger partial charge in [0.05, 0.1) is 12.1 Å². The van der Waals surface area contributed by atoms with E-state index in [-0.39, 0.29) is 6.04 Å². The van der Waals surface area contributed by atoms with Crippen LogP contribution in [0.25, 0.3) is 0 Å². The van der Waals surface area contributed by atoms with Gasteiger partial charge in [-0.15, -0.1) is 0 Å². The normalized spacial score (nSPS) is 13.0. The van der Waals surface area contributed by atoms with Gasteiger partial charge >= 0.3 is 0 Å². The van der Waals surface area contributed by atoms with Crippen molar-refractivity contribution in [3.05, 3.63) is 12.2 Å². The van der Waals surface area contributed by atoms with Gasteiger partial charge in [-0.25, -0.2) is 0 Å². The molecule has 13 heavy (non-hydrogen) atoms. The predicted octanol–water partition coefficient (Wildman–Crippen LogP) is 2.62. The summed E-state index contributed by atoms with van der Waals surface area (Å²) in [4.78, 5) is 0. The van der Waals surface area contributed by atoms with Gasteiger partial charge in [-0.3, -0.25) is 0 Å². The van der Waals surface area contributed by atoms with Gasteiger partial charge in [0.15, 0.2) is 0 Å². The highest BCUT2D eigenvalue weighted by Gasteiger charge is 1.94. The van der Waals surface area contributed by atoms with Gasteiger partial charge in [0.25, 0.3) is 0 Å². The topological polar surface area (TPSA) is 35.8 Å². The molecule has 0 spiro atoms. The lowest BCUT2D eigenvalue weighted by atomic mass is 10.2. The number of rotatable bonds is 7. The molecular weight excluding hydrogens is 160 g/mol. The lowest BCUT2D eigenvalue weighted by Crippen LogP contribution is -2.25. The van der Waals surface area contributed by atoms with E-state index >= 15 is 0 Å². The minimum atomic E-state index is -0.00816. The molecule has 1 unspecified atom stereocenters. The number of hydrogen-bond acceptors (Lipinski definition) is 2. The first-order valence-corrected chi connectivity index (χ1v) is 5.09. The van der Waals surface area contributed by atoms with E-state index in [4.69, 9.17) is 5.26 Å². The number of unbranched alkanes of at least 4 members (excludes halogenated alkanes) is 2. The van der Waals surface area contributed by atoms with Crippen LogP contribution in [0.1, 0.15) is 39.5 Å². The van der Waals surface area contributed by atoms with Crippen LogP contribution in [-0.2, 0) is 0 Å². The van der Waals surface area contributed by atoms with Gasteiger partial charge in [0, 0.05) is 0 Å². The lowest BCUT2D eigenvalue weighted by Gasteiger charge is -2.04. The summed E-state index contributed by atoms with van der Waals surface area (Å²) in [7, 11) is 0. The third-order valence-electron chi connectivity index (χ3n) is 1.84. The van der Waals surface area contributed by atoms with E-state index in [1.807, 2.05) is 6.92 Å². The summed E-state index contributed by atoms with van der Waals surface area (Å²) >= 11 is 0. The summed E-state index contributed by atoms with van der Waals surface area (Å²) in [5.41, 5.74) is 0. The van der Waals surface area contributed by atoms with Crippen LogP contribution in [0.2, 0.25) is 0 Å². The molecule has 0 rings (SSSR count). The third-order valence-corrected chi connectivity index (χ3v) is 1.84. The van der Waals surface area contributed by atoms with E-state index in [1.165, 1.54) is 6.42 Å². The molecule has 1 N–H and O–H groups in total. The zero-order chi connectivity index (χ0) is 9.94. The molecule has 0 heterocycles. The Morgan fingerprint density at radius 1 is 1.38 bits per heavy atom. The van der Waals surface area contributed by atoms with Crippen molar-refractivity contribution < 1.29 is 0 Å². The van der Waals surface area contributed by atoms with Gasteiger partial charge < -0.3 is 5.32 Å². The first-order chi connectivity index (χ1) is 6.31. The molecule has 0 aromatic heterocycles. The van der Waals surface area contributed by atoms with Crippen LogP contribution >= 0.6 is 0 Å². The third kappa shape index (κ3) is 9.10. The zero-order valence-corrected chi connectivity index (χ0v) is 8.71. The molecule has 0 fully saturated rings. The SMILES string of the molecule is CC/C=C/CCCCNC(C)C#N. The Morgan fingerprint density at radius 2 is 2.15 bits per heavy atom. The molecule has 0 saturated heterocycles. The Labute approximate surface area is 81.6 Å². The van der Waals surface area contributed by atoms with E-state index in [2.05, 4.69) is 30.5 Å². The van der Waals surface area contributed by atoms with Gasteiger partial charge in [0.2, 0.25) is 0 Å². The van der Waals surface area contributed by atoms with Crippen molar-refractivity contribution in [2.75, 3.05) is 6.54 Å². The second-order valence-corrected chi connectivity index (χ2v) is 3.18. The Morgan fingerprint density at radius 3 is 2.77 bits per heavy atom. The van der Waals surface area contributed by atoms with E-state index in [0.29, 0.717) is 0 Å². The Balaban J connectivity index is 3.09. The fourth-order valence-corrected chi connectivity index (χ4v) is 1.04. The van der Waals surface area contributed by atoms with Crippen LogP contribution < -0.4 is 5.32 Å². The van der Waals surface area contributed by atoms with Crippen LogP contribution in [0.3, 0.4) is 0 Å². The Kier molecular flexibility index (Phi) is 8.70. The molecule has 0 radical (unpaired) electrons. The van der Waals surface area contributed by atoms with Crippen molar-refractivity contribution in [1.29, 1.82) is 5.26 Å². The summed E-state index contributed by atoms with van der Waals surface area (Å²) < 4.78 is 0. The first-order valence-electron chi connectivity index (χ1n) is 5.09. The standard InChI is InChI=1S/C11H20N2/c1-3-4-5-6-7-8-9-13-11(2)10-12/h4-5,11,13H,3,6-9H2,1-2H3/b5-4+. The monoisotopic (exact) mass is 180 g/mol. The van der Waals surface area contributed by atoms with Gasteiger partial charge in [-0.1, -0.05) is 19.1 Å². The van der Waals surface area contributed by atoms with Gasteiger partial charge in [-0.2, -0.15) is 5.26 Å². The van der Waals surface area contributed by atoms with Crippen molar-refractivity contribution in [1.82, 2.24) is 5.32 Å². The van der Waals surface area contributed by atoms with E-state index < -0.39 is 0 Å². The molecule has 0 aliphatic heterocycles. The predicted molar refractivity (Wildman–Crippen MR) is 56.4 cm³/mol. The molecule has 2 heteroatoms. The van der Waals surface area contributed by atoms with Gasteiger partial charge in [-0.05, 0) is 39.2 Å². The fourth-order valence-electron chi connectivity index (χ4n) is 1.04. The first kappa shape index (κ1) is 12.2. The molecule has 0 bridgehead atoms. The highest BCUT2D eigenvalue weighted by molar-refractivity contribution is 4.85. The average Bonchev–Trinajstić information content (AvgIpc) is 2.16. The lowest BCUT2D eigenvalue weighted by molar-refractivity contribution is 0.596. The summed E-state index contributed by atoms with van der Waals surface area (Å²) in [6.07, 6.45) is 9.08. The molecule has 0 aromatic rings. The van der Waals surface area contributed by atoms with Crippen LogP contribution in [0.4, 0.5) is 0 Å². The minimum Gasteiger partial charge on any atom is -0.302 e. The molecule has 0 amide bonds. The van der Waals surface area contributed by atoms with E-state index in [1.54, 1.807) is 0 Å². The highest BCUT2D eigenvalue weighted by atomic mass is 14.9. The second kappa shape index (κ2) is 9.28. The molecule has 1 atom stereocenters. The summed E-state index contributed by atoms with van der Waals surface area (Å²) in [5, 5.41) is 11.6. The molecule has 0 aromatic carbocycles. The number of nitriles is 1. The molecule has 0 saturated carbocycles. The Bertz CT molecular complexity index is 167. The zero-order valence-electron chi connectivity index (χ0n) is 8.71. The van der Waals surface area contributed by atoms with Crippen molar-refractivity contribution in [3.8, 4) is 6.07 Å². The maximum atomic E-state index is 8.48. The van der Waals surface area contributed by atoms with Crippen LogP contribution in [-0.4, -0.2) is 12.6 Å². The number of nitrogens with one attached hydrogen (secondary N) is 1. The largest absolute Gasteiger partial charge is 0.302 e. The molecule has 2 nitrogen and oxygen atoms in total. The van der Waals surface area contributed by atoms with Crippen molar-refractivity contribution in [3.63, 3.8) is 0 Å². The maximum absolute atomic E-state index is 8.48. The smallest absolute Gasteiger partial charge is 0.0924 e. The highest BCUT2D eigenvalue weighted by Crippen LogP contribution is 1.96. The van der Waals surface area contributed by atoms with Crippen molar-refractivity contribution in [2.45, 2.75) is 45.6 Å². The van der Waals surface area contributed by atoms with Gasteiger partial charge in [0.1, 0.15) is 0 Å². The van der Waals surface area contributed by atoms with Crippen molar-refractivity contribution in [2.24, 2.45) is 0 Å². The summed E-state index contributed by atoms with van der Waals surface area (Å²) in [6, 6.07) is 2.14. The number of allylic oxidation sites excluding steroid dienone is 2. The molecule has 74 valence electrons. The summed E-state index contributed by atoms with van der Waals surface area (Å²) in [5.74, 6) is 0. The molecule has 0 aliphatic carbocycles. The number of hydrogen-bond donors (Lipinski definition) is 1. The quantitative estimate of drug-likeness (QED) is 0.483. The van der Waals surface area contributed by atoms with Crippen LogP contribution in [0.5, 0.6) is 0 Å². The van der Waals surface area contributed by atoms with Crippen LogP contribution in [0.15, 0.2) is 12.2 Å². The minimum absolute atomic E-state index is 0.00816. The van der Waals surface area contributed by atoms with Crippen molar-refractivity contribution >= 4 is 0 Å². The average molecular weight is 180 g/mol. The van der Waals surface area contributed by atoms with E-state index in [9.17, 15) is 0 Å². The second-order valence-electron chi connectivity index (χ2n) is 3.18. The Hall–Kier alpha value is -0.810.